The van der Waals surface area contributed by atoms with E-state index in [4.69, 9.17) is 18.9 Å². The number of aliphatic hydroxyl groups is 1. The molecule has 0 spiro atoms. The Morgan fingerprint density at radius 1 is 1.03 bits per heavy atom. The fourth-order valence-electron chi connectivity index (χ4n) is 4.67. The number of ether oxygens (including phenoxy) is 4. The van der Waals surface area contributed by atoms with E-state index in [1.165, 1.54) is 19.1 Å². The number of carbonyl (C=O) groups is 2. The van der Waals surface area contributed by atoms with Gasteiger partial charge in [-0.15, -0.1) is 0 Å². The van der Waals surface area contributed by atoms with E-state index in [1.807, 2.05) is 6.92 Å². The molecule has 2 aromatic rings. The number of ketones is 1. The number of para-hydroxylation sites is 1. The van der Waals surface area contributed by atoms with Crippen molar-refractivity contribution < 1.29 is 33.6 Å². The topological polar surface area (TPSA) is 97.8 Å². The van der Waals surface area contributed by atoms with Crippen LogP contribution in [0.4, 0.5) is 0 Å². The van der Waals surface area contributed by atoms with Gasteiger partial charge in [0.2, 0.25) is 0 Å². The molecule has 2 aromatic carbocycles. The van der Waals surface area contributed by atoms with E-state index < -0.39 is 17.7 Å². The van der Waals surface area contributed by atoms with Crippen LogP contribution in [0.3, 0.4) is 0 Å². The maximum Gasteiger partial charge on any atom is 0.295 e. The number of likely N-dealkylation sites (tertiary alicyclic amines) is 1. The SMILES string of the molecule is CCOc1ccc(/C(O)=C2/C(=O)C(=O)N(CCN3CCOCC3)C2c2cccc(OC)c2OC)cc1. The number of aliphatic hydroxyl groups excluding tert-OH is 1. The Labute approximate surface area is 210 Å². The Bertz CT molecular complexity index is 1120. The molecule has 1 amide bonds. The van der Waals surface area contributed by atoms with E-state index in [9.17, 15) is 14.7 Å². The van der Waals surface area contributed by atoms with Gasteiger partial charge in [0.25, 0.3) is 11.7 Å². The van der Waals surface area contributed by atoms with Crippen LogP contribution in [0.25, 0.3) is 5.76 Å². The highest BCUT2D eigenvalue weighted by Gasteiger charge is 2.47. The number of hydrogen-bond acceptors (Lipinski definition) is 8. The van der Waals surface area contributed by atoms with Crippen LogP contribution in [0.15, 0.2) is 48.0 Å². The Kier molecular flexibility index (Phi) is 8.12. The number of nitrogens with zero attached hydrogens (tertiary/aromatic N) is 2. The minimum Gasteiger partial charge on any atom is -0.507 e. The zero-order valence-electron chi connectivity index (χ0n) is 20.9. The summed E-state index contributed by atoms with van der Waals surface area (Å²) in [5, 5.41) is 11.3. The largest absolute Gasteiger partial charge is 0.507 e. The number of Topliss-reactive ketones (excluding diaryl/α,β-unsaturated/α-hetero) is 1. The van der Waals surface area contributed by atoms with Crippen LogP contribution in [-0.4, -0.2) is 86.8 Å². The minimum absolute atomic E-state index is 0.0118. The first kappa shape index (κ1) is 25.5. The minimum atomic E-state index is -0.845. The fraction of sp³-hybridized carbons (Fsp3) is 0.407. The molecule has 36 heavy (non-hydrogen) atoms. The molecular formula is C27H32N2O7. The van der Waals surface area contributed by atoms with Crippen molar-refractivity contribution in [2.75, 3.05) is 60.2 Å². The lowest BCUT2D eigenvalue weighted by molar-refractivity contribution is -0.140. The average molecular weight is 497 g/mol. The maximum absolute atomic E-state index is 13.3. The molecule has 1 atom stereocenters. The Morgan fingerprint density at radius 3 is 2.39 bits per heavy atom. The zero-order valence-corrected chi connectivity index (χ0v) is 20.9. The Hall–Kier alpha value is -3.56. The molecule has 9 nitrogen and oxygen atoms in total. The van der Waals surface area contributed by atoms with E-state index in [0.717, 1.165) is 13.1 Å². The van der Waals surface area contributed by atoms with Crippen molar-refractivity contribution >= 4 is 17.4 Å². The molecule has 0 saturated carbocycles. The van der Waals surface area contributed by atoms with Crippen LogP contribution in [0.5, 0.6) is 17.2 Å². The standard InChI is InChI=1S/C27H32N2O7/c1-4-36-19-10-8-18(9-11-19)24(30)22-23(20-6-5-7-21(33-2)26(20)34-3)29(27(32)25(22)31)13-12-28-14-16-35-17-15-28/h5-11,23,30H,4,12-17H2,1-3H3/b24-22-. The lowest BCUT2D eigenvalue weighted by atomic mass is 9.94. The van der Waals surface area contributed by atoms with Crippen LogP contribution in [0, 0.1) is 0 Å². The van der Waals surface area contributed by atoms with Crippen molar-refractivity contribution in [2.45, 2.75) is 13.0 Å². The fourth-order valence-corrected chi connectivity index (χ4v) is 4.67. The third-order valence-corrected chi connectivity index (χ3v) is 6.47. The predicted molar refractivity (Wildman–Crippen MR) is 133 cm³/mol. The van der Waals surface area contributed by atoms with Gasteiger partial charge in [-0.05, 0) is 37.3 Å². The molecule has 2 aliphatic rings. The average Bonchev–Trinajstić information content (AvgIpc) is 3.17. The van der Waals surface area contributed by atoms with Gasteiger partial charge in [-0.3, -0.25) is 14.5 Å². The van der Waals surface area contributed by atoms with Crippen LogP contribution in [0.1, 0.15) is 24.1 Å². The van der Waals surface area contributed by atoms with E-state index >= 15 is 0 Å². The summed E-state index contributed by atoms with van der Waals surface area (Å²) < 4.78 is 22.0. The number of carbonyl (C=O) groups excluding carboxylic acids is 2. The lowest BCUT2D eigenvalue weighted by Crippen LogP contribution is -2.42. The zero-order chi connectivity index (χ0) is 25.7. The third kappa shape index (κ3) is 5.03. The molecular weight excluding hydrogens is 464 g/mol. The summed E-state index contributed by atoms with van der Waals surface area (Å²) in [6, 6.07) is 11.2. The second-order valence-corrected chi connectivity index (χ2v) is 8.49. The van der Waals surface area contributed by atoms with Gasteiger partial charge in [0, 0.05) is 37.3 Å². The van der Waals surface area contributed by atoms with Gasteiger partial charge in [0.05, 0.1) is 45.7 Å². The number of rotatable bonds is 9. The summed E-state index contributed by atoms with van der Waals surface area (Å²) in [5.74, 6) is -0.134. The van der Waals surface area contributed by atoms with Crippen molar-refractivity contribution in [1.29, 1.82) is 0 Å². The summed E-state index contributed by atoms with van der Waals surface area (Å²) in [6.07, 6.45) is 0. The third-order valence-electron chi connectivity index (χ3n) is 6.47. The highest BCUT2D eigenvalue weighted by atomic mass is 16.5. The van der Waals surface area contributed by atoms with Gasteiger partial charge in [-0.2, -0.15) is 0 Å². The highest BCUT2D eigenvalue weighted by molar-refractivity contribution is 6.46. The van der Waals surface area contributed by atoms with Crippen LogP contribution >= 0.6 is 0 Å². The molecule has 4 rings (SSSR count). The molecule has 192 valence electrons. The van der Waals surface area contributed by atoms with E-state index in [0.29, 0.717) is 61.3 Å². The highest BCUT2D eigenvalue weighted by Crippen LogP contribution is 2.45. The summed E-state index contributed by atoms with van der Waals surface area (Å²) in [5.41, 5.74) is 0.986. The first-order chi connectivity index (χ1) is 17.5. The molecule has 0 aliphatic carbocycles. The normalized spacial score (nSPS) is 20.0. The van der Waals surface area contributed by atoms with Gasteiger partial charge < -0.3 is 29.0 Å². The molecule has 0 bridgehead atoms. The summed E-state index contributed by atoms with van der Waals surface area (Å²) in [4.78, 5) is 30.3. The molecule has 1 unspecified atom stereocenters. The van der Waals surface area contributed by atoms with Gasteiger partial charge in [-0.25, -0.2) is 0 Å². The number of hydrogen-bond donors (Lipinski definition) is 1. The second-order valence-electron chi connectivity index (χ2n) is 8.49. The van der Waals surface area contributed by atoms with Gasteiger partial charge in [0.15, 0.2) is 11.5 Å². The van der Waals surface area contributed by atoms with Crippen LogP contribution in [0.2, 0.25) is 0 Å². The molecule has 1 N–H and O–H groups in total. The van der Waals surface area contributed by atoms with Crippen molar-refractivity contribution in [1.82, 2.24) is 9.80 Å². The van der Waals surface area contributed by atoms with Crippen molar-refractivity contribution in [3.63, 3.8) is 0 Å². The summed E-state index contributed by atoms with van der Waals surface area (Å²) in [6.45, 7) is 6.03. The number of methoxy groups -OCH3 is 2. The monoisotopic (exact) mass is 496 g/mol. The summed E-state index contributed by atoms with van der Waals surface area (Å²) >= 11 is 0. The van der Waals surface area contributed by atoms with Crippen molar-refractivity contribution in [3.05, 3.63) is 59.2 Å². The molecule has 0 radical (unpaired) electrons. The van der Waals surface area contributed by atoms with E-state index in [1.54, 1.807) is 42.5 Å². The first-order valence-electron chi connectivity index (χ1n) is 12.0. The van der Waals surface area contributed by atoms with Gasteiger partial charge >= 0.3 is 0 Å². The van der Waals surface area contributed by atoms with Crippen LogP contribution in [-0.2, 0) is 14.3 Å². The maximum atomic E-state index is 13.3. The second kappa shape index (κ2) is 11.5. The predicted octanol–water partition coefficient (Wildman–Crippen LogP) is 2.86. The number of benzene rings is 2. The van der Waals surface area contributed by atoms with E-state index in [-0.39, 0.29) is 11.3 Å². The molecule has 2 fully saturated rings. The smallest absolute Gasteiger partial charge is 0.295 e. The first-order valence-corrected chi connectivity index (χ1v) is 12.0. The summed E-state index contributed by atoms with van der Waals surface area (Å²) in [7, 11) is 3.03. The molecule has 0 aromatic heterocycles. The van der Waals surface area contributed by atoms with Crippen molar-refractivity contribution in [2.24, 2.45) is 0 Å². The van der Waals surface area contributed by atoms with E-state index in [2.05, 4.69) is 4.90 Å². The number of amides is 1. The van der Waals surface area contributed by atoms with Gasteiger partial charge in [0.1, 0.15) is 11.5 Å². The number of morpholine rings is 1. The molecule has 2 saturated heterocycles. The van der Waals surface area contributed by atoms with Crippen LogP contribution < -0.4 is 14.2 Å². The Morgan fingerprint density at radius 2 is 1.75 bits per heavy atom. The molecule has 2 heterocycles. The quantitative estimate of drug-likeness (QED) is 0.322. The Balaban J connectivity index is 1.79. The molecule has 2 aliphatic heterocycles. The van der Waals surface area contributed by atoms with Gasteiger partial charge in [-0.1, -0.05) is 12.1 Å². The van der Waals surface area contributed by atoms with Crippen molar-refractivity contribution in [3.8, 4) is 17.2 Å². The molecule has 9 heteroatoms. The lowest BCUT2D eigenvalue weighted by Gasteiger charge is -2.31.